The Bertz CT molecular complexity index is 499. The third kappa shape index (κ3) is 3.45. The van der Waals surface area contributed by atoms with Gasteiger partial charge in [-0.15, -0.1) is 0 Å². The summed E-state index contributed by atoms with van der Waals surface area (Å²) in [6, 6.07) is 4.33. The Morgan fingerprint density at radius 1 is 1.42 bits per heavy atom. The third-order valence-corrected chi connectivity index (χ3v) is 3.37. The Labute approximate surface area is 116 Å². The van der Waals surface area contributed by atoms with Crippen molar-refractivity contribution in [3.05, 3.63) is 28.8 Å². The second-order valence-corrected chi connectivity index (χ2v) is 4.96. The molecule has 1 aliphatic rings. The second kappa shape index (κ2) is 6.04. The summed E-state index contributed by atoms with van der Waals surface area (Å²) < 4.78 is 0. The number of hydrogen-bond acceptors (Lipinski definition) is 3. The van der Waals surface area contributed by atoms with Crippen LogP contribution in [-0.4, -0.2) is 30.1 Å². The molecule has 1 aromatic carbocycles. The van der Waals surface area contributed by atoms with E-state index in [2.05, 4.69) is 10.6 Å². The molecule has 0 aliphatic carbocycles. The van der Waals surface area contributed by atoms with E-state index in [0.717, 1.165) is 19.4 Å². The maximum absolute atomic E-state index is 12.1. The highest BCUT2D eigenvalue weighted by molar-refractivity contribution is 6.31. The number of carboxylic acids is 1. The second-order valence-electron chi connectivity index (χ2n) is 4.53. The molecule has 19 heavy (non-hydrogen) atoms. The summed E-state index contributed by atoms with van der Waals surface area (Å²) in [5.74, 6) is -1.39. The Balaban J connectivity index is 2.15. The monoisotopic (exact) mass is 282 g/mol. The van der Waals surface area contributed by atoms with Gasteiger partial charge in [-0.25, -0.2) is 4.79 Å². The van der Waals surface area contributed by atoms with Crippen LogP contribution in [0, 0.1) is 5.92 Å². The lowest BCUT2D eigenvalue weighted by molar-refractivity contribution is -0.120. The number of nitrogens with one attached hydrogen (secondary N) is 2. The zero-order valence-electron chi connectivity index (χ0n) is 10.3. The molecule has 1 atom stereocenters. The number of carbonyl (C=O) groups is 2. The van der Waals surface area contributed by atoms with Gasteiger partial charge in [-0.1, -0.05) is 11.6 Å². The quantitative estimate of drug-likeness (QED) is 0.792. The zero-order valence-corrected chi connectivity index (χ0v) is 11.0. The highest BCUT2D eigenvalue weighted by atomic mass is 35.5. The Morgan fingerprint density at radius 2 is 2.21 bits per heavy atom. The molecule has 0 bridgehead atoms. The van der Waals surface area contributed by atoms with Crippen molar-refractivity contribution in [1.29, 1.82) is 0 Å². The van der Waals surface area contributed by atoms with Gasteiger partial charge in [-0.05, 0) is 37.6 Å². The molecule has 3 N–H and O–H groups in total. The maximum atomic E-state index is 12.1. The molecule has 5 nitrogen and oxygen atoms in total. The average Bonchev–Trinajstić information content (AvgIpc) is 2.39. The van der Waals surface area contributed by atoms with Crippen LogP contribution in [0.2, 0.25) is 5.02 Å². The van der Waals surface area contributed by atoms with Crippen LogP contribution in [-0.2, 0) is 4.79 Å². The Morgan fingerprint density at radius 3 is 2.84 bits per heavy atom. The van der Waals surface area contributed by atoms with Crippen molar-refractivity contribution in [1.82, 2.24) is 5.32 Å². The smallest absolute Gasteiger partial charge is 0.337 e. The van der Waals surface area contributed by atoms with Crippen molar-refractivity contribution < 1.29 is 14.7 Å². The van der Waals surface area contributed by atoms with Gasteiger partial charge in [0.15, 0.2) is 0 Å². The molecule has 102 valence electrons. The van der Waals surface area contributed by atoms with Crippen LogP contribution in [0.1, 0.15) is 23.2 Å². The fraction of sp³-hybridized carbons (Fsp3) is 0.385. The zero-order chi connectivity index (χ0) is 13.8. The van der Waals surface area contributed by atoms with Crippen LogP contribution in [0.4, 0.5) is 5.69 Å². The first kappa shape index (κ1) is 13.8. The van der Waals surface area contributed by atoms with Gasteiger partial charge in [0, 0.05) is 11.6 Å². The molecular formula is C13H15ClN2O3. The minimum Gasteiger partial charge on any atom is -0.478 e. The van der Waals surface area contributed by atoms with E-state index in [1.54, 1.807) is 0 Å². The summed E-state index contributed by atoms with van der Waals surface area (Å²) in [6.45, 7) is 1.54. The van der Waals surface area contributed by atoms with E-state index in [1.807, 2.05) is 0 Å². The van der Waals surface area contributed by atoms with E-state index < -0.39 is 5.97 Å². The van der Waals surface area contributed by atoms with Crippen molar-refractivity contribution in [3.63, 3.8) is 0 Å². The topological polar surface area (TPSA) is 78.4 Å². The van der Waals surface area contributed by atoms with Gasteiger partial charge in [0.1, 0.15) is 0 Å². The maximum Gasteiger partial charge on any atom is 0.337 e. The van der Waals surface area contributed by atoms with E-state index in [-0.39, 0.29) is 23.1 Å². The highest BCUT2D eigenvalue weighted by Gasteiger charge is 2.22. The first-order chi connectivity index (χ1) is 9.08. The number of carbonyl (C=O) groups excluding carboxylic acids is 1. The van der Waals surface area contributed by atoms with E-state index in [4.69, 9.17) is 16.7 Å². The molecule has 6 heteroatoms. The van der Waals surface area contributed by atoms with Crippen molar-refractivity contribution in [3.8, 4) is 0 Å². The average molecular weight is 283 g/mol. The van der Waals surface area contributed by atoms with Gasteiger partial charge < -0.3 is 15.7 Å². The summed E-state index contributed by atoms with van der Waals surface area (Å²) in [4.78, 5) is 23.2. The molecule has 0 aromatic heterocycles. The minimum atomic E-state index is -1.09. The number of halogens is 1. The van der Waals surface area contributed by atoms with Crippen molar-refractivity contribution in [2.45, 2.75) is 12.8 Å². The number of carboxylic acid groups (broad SMARTS) is 1. The van der Waals surface area contributed by atoms with Gasteiger partial charge in [-0.3, -0.25) is 4.79 Å². The molecule has 1 aromatic rings. The van der Waals surface area contributed by atoms with Crippen LogP contribution >= 0.6 is 11.6 Å². The molecular weight excluding hydrogens is 268 g/mol. The van der Waals surface area contributed by atoms with E-state index >= 15 is 0 Å². The standard InChI is InChI=1S/C13H15ClN2O3/c14-9-3-4-10(13(18)19)11(6-9)16-12(17)8-2-1-5-15-7-8/h3-4,6,8,15H,1-2,5,7H2,(H,16,17)(H,18,19)/t8-/m0/s1. The van der Waals surface area contributed by atoms with Gasteiger partial charge in [0.05, 0.1) is 17.2 Å². The van der Waals surface area contributed by atoms with Crippen LogP contribution in [0.25, 0.3) is 0 Å². The Kier molecular flexibility index (Phi) is 4.39. The predicted molar refractivity (Wildman–Crippen MR) is 72.6 cm³/mol. The molecule has 1 fully saturated rings. The molecule has 0 radical (unpaired) electrons. The van der Waals surface area contributed by atoms with Gasteiger partial charge in [-0.2, -0.15) is 0 Å². The summed E-state index contributed by atoms with van der Waals surface area (Å²) in [5, 5.41) is 15.3. The van der Waals surface area contributed by atoms with Crippen LogP contribution in [0.3, 0.4) is 0 Å². The normalized spacial score (nSPS) is 18.9. The number of piperidine rings is 1. The number of hydrogen-bond donors (Lipinski definition) is 3. The SMILES string of the molecule is O=C(O)c1ccc(Cl)cc1NC(=O)[C@H]1CCCNC1. The van der Waals surface area contributed by atoms with Gasteiger partial charge in [0.2, 0.25) is 5.91 Å². The molecule has 0 unspecified atom stereocenters. The number of rotatable bonds is 3. The lowest BCUT2D eigenvalue weighted by Gasteiger charge is -2.22. The third-order valence-electron chi connectivity index (χ3n) is 3.14. The first-order valence-corrected chi connectivity index (χ1v) is 6.50. The van der Waals surface area contributed by atoms with Crippen molar-refractivity contribution in [2.75, 3.05) is 18.4 Å². The molecule has 1 heterocycles. The number of anilines is 1. The number of benzene rings is 1. The fourth-order valence-electron chi connectivity index (χ4n) is 2.12. The molecule has 1 saturated heterocycles. The molecule has 2 rings (SSSR count). The van der Waals surface area contributed by atoms with Crippen LogP contribution < -0.4 is 10.6 Å². The molecule has 1 aliphatic heterocycles. The predicted octanol–water partition coefficient (Wildman–Crippen LogP) is 1.98. The van der Waals surface area contributed by atoms with Gasteiger partial charge >= 0.3 is 5.97 Å². The lowest BCUT2D eigenvalue weighted by atomic mass is 9.98. The molecule has 1 amide bonds. The van der Waals surface area contributed by atoms with Gasteiger partial charge in [0.25, 0.3) is 0 Å². The van der Waals surface area contributed by atoms with E-state index in [1.165, 1.54) is 18.2 Å². The fourth-order valence-corrected chi connectivity index (χ4v) is 2.29. The molecule has 0 saturated carbocycles. The number of aromatic carboxylic acids is 1. The Hall–Kier alpha value is -1.59. The van der Waals surface area contributed by atoms with E-state index in [9.17, 15) is 9.59 Å². The summed E-state index contributed by atoms with van der Waals surface area (Å²) >= 11 is 5.83. The van der Waals surface area contributed by atoms with E-state index in [0.29, 0.717) is 11.6 Å². The molecule has 0 spiro atoms. The summed E-state index contributed by atoms with van der Waals surface area (Å²) in [6.07, 6.45) is 1.75. The van der Waals surface area contributed by atoms with Crippen molar-refractivity contribution >= 4 is 29.2 Å². The minimum absolute atomic E-state index is 0.0431. The summed E-state index contributed by atoms with van der Waals surface area (Å²) in [5.41, 5.74) is 0.289. The van der Waals surface area contributed by atoms with Crippen LogP contribution in [0.15, 0.2) is 18.2 Å². The first-order valence-electron chi connectivity index (χ1n) is 6.12. The highest BCUT2D eigenvalue weighted by Crippen LogP contribution is 2.22. The largest absolute Gasteiger partial charge is 0.478 e. The van der Waals surface area contributed by atoms with Crippen molar-refractivity contribution in [2.24, 2.45) is 5.92 Å². The summed E-state index contributed by atoms with van der Waals surface area (Å²) in [7, 11) is 0. The lowest BCUT2D eigenvalue weighted by Crippen LogP contribution is -2.37. The van der Waals surface area contributed by atoms with Crippen LogP contribution in [0.5, 0.6) is 0 Å². The number of amides is 1.